The van der Waals surface area contributed by atoms with Gasteiger partial charge in [0.05, 0.1) is 6.61 Å². The zero-order chi connectivity index (χ0) is 19.6. The van der Waals surface area contributed by atoms with Crippen LogP contribution in [0.5, 0.6) is 5.75 Å². The van der Waals surface area contributed by atoms with Gasteiger partial charge in [-0.15, -0.1) is 11.3 Å². The van der Waals surface area contributed by atoms with Crippen molar-refractivity contribution in [1.82, 2.24) is 4.98 Å². The smallest absolute Gasteiger partial charge is 0.229 e. The zero-order valence-electron chi connectivity index (χ0n) is 17.0. The van der Waals surface area contributed by atoms with E-state index in [0.717, 1.165) is 42.9 Å². The maximum atomic E-state index is 12.7. The van der Waals surface area contributed by atoms with Crippen molar-refractivity contribution in [1.29, 1.82) is 0 Å². The SMILES string of the molecule is CCCOc1cc(C)c2c(c1C)CC([C@H](C)C(=O)Nc1ncc(C)s1)CC2. The highest BCUT2D eigenvalue weighted by atomic mass is 32.1. The first-order valence-electron chi connectivity index (χ1n) is 9.88. The Kier molecular flexibility index (Phi) is 6.20. The van der Waals surface area contributed by atoms with Gasteiger partial charge in [0, 0.05) is 17.0 Å². The fourth-order valence-electron chi connectivity index (χ4n) is 3.96. The van der Waals surface area contributed by atoms with Crippen LogP contribution < -0.4 is 10.1 Å². The molecule has 1 aliphatic carbocycles. The molecular formula is C22H30N2O2S. The van der Waals surface area contributed by atoms with Crippen LogP contribution in [0.3, 0.4) is 0 Å². The normalized spacial score (nSPS) is 17.3. The highest BCUT2D eigenvalue weighted by Crippen LogP contribution is 2.38. The maximum absolute atomic E-state index is 12.7. The summed E-state index contributed by atoms with van der Waals surface area (Å²) >= 11 is 1.52. The Labute approximate surface area is 166 Å². The van der Waals surface area contributed by atoms with Crippen LogP contribution in [-0.2, 0) is 17.6 Å². The summed E-state index contributed by atoms with van der Waals surface area (Å²) in [5.74, 6) is 1.38. The van der Waals surface area contributed by atoms with Crippen molar-refractivity contribution in [3.63, 3.8) is 0 Å². The predicted molar refractivity (Wildman–Crippen MR) is 112 cm³/mol. The zero-order valence-corrected chi connectivity index (χ0v) is 17.8. The van der Waals surface area contributed by atoms with Crippen molar-refractivity contribution in [3.05, 3.63) is 39.4 Å². The van der Waals surface area contributed by atoms with Crippen molar-refractivity contribution in [3.8, 4) is 5.75 Å². The van der Waals surface area contributed by atoms with E-state index in [1.54, 1.807) is 6.20 Å². The second kappa shape index (κ2) is 8.42. The third kappa shape index (κ3) is 4.34. The fourth-order valence-corrected chi connectivity index (χ4v) is 4.63. The molecule has 1 unspecified atom stereocenters. The quantitative estimate of drug-likeness (QED) is 0.739. The number of aryl methyl sites for hydroxylation is 2. The van der Waals surface area contributed by atoms with E-state index in [4.69, 9.17) is 4.74 Å². The minimum absolute atomic E-state index is 0.0396. The third-order valence-electron chi connectivity index (χ3n) is 5.68. The Morgan fingerprint density at radius 2 is 2.15 bits per heavy atom. The van der Waals surface area contributed by atoms with E-state index >= 15 is 0 Å². The van der Waals surface area contributed by atoms with E-state index in [0.29, 0.717) is 11.0 Å². The van der Waals surface area contributed by atoms with E-state index in [9.17, 15) is 4.79 Å². The molecule has 0 bridgehead atoms. The van der Waals surface area contributed by atoms with E-state index in [1.165, 1.54) is 33.6 Å². The fraction of sp³-hybridized carbons (Fsp3) is 0.545. The molecule has 0 saturated carbocycles. The molecule has 0 aliphatic heterocycles. The van der Waals surface area contributed by atoms with Gasteiger partial charge in [-0.3, -0.25) is 4.79 Å². The Morgan fingerprint density at radius 1 is 1.37 bits per heavy atom. The van der Waals surface area contributed by atoms with Gasteiger partial charge in [0.2, 0.25) is 5.91 Å². The third-order valence-corrected chi connectivity index (χ3v) is 6.50. The molecule has 1 aromatic heterocycles. The topological polar surface area (TPSA) is 51.2 Å². The summed E-state index contributed by atoms with van der Waals surface area (Å²) in [5.41, 5.74) is 5.41. The number of anilines is 1. The maximum Gasteiger partial charge on any atom is 0.229 e. The molecule has 1 N–H and O–H groups in total. The van der Waals surface area contributed by atoms with Crippen LogP contribution in [0.4, 0.5) is 5.13 Å². The number of benzene rings is 1. The molecule has 0 spiro atoms. The molecule has 5 heteroatoms. The highest BCUT2D eigenvalue weighted by molar-refractivity contribution is 7.15. The number of fused-ring (bicyclic) bond motifs is 1. The Balaban J connectivity index is 1.76. The number of nitrogens with one attached hydrogen (secondary N) is 1. The number of amides is 1. The van der Waals surface area contributed by atoms with Gasteiger partial charge >= 0.3 is 0 Å². The second-order valence-electron chi connectivity index (χ2n) is 7.68. The van der Waals surface area contributed by atoms with Gasteiger partial charge in [0.1, 0.15) is 5.75 Å². The van der Waals surface area contributed by atoms with E-state index in [1.807, 2.05) is 13.8 Å². The lowest BCUT2D eigenvalue weighted by molar-refractivity contribution is -0.121. The van der Waals surface area contributed by atoms with Crippen LogP contribution in [0.1, 0.15) is 53.8 Å². The largest absolute Gasteiger partial charge is 0.493 e. The molecule has 146 valence electrons. The average molecular weight is 387 g/mol. The van der Waals surface area contributed by atoms with Gasteiger partial charge in [0.25, 0.3) is 0 Å². The monoisotopic (exact) mass is 386 g/mol. The van der Waals surface area contributed by atoms with Crippen LogP contribution in [0, 0.1) is 32.6 Å². The summed E-state index contributed by atoms with van der Waals surface area (Å²) in [6, 6.07) is 2.19. The first-order chi connectivity index (χ1) is 12.9. The van der Waals surface area contributed by atoms with Crippen molar-refractivity contribution in [2.24, 2.45) is 11.8 Å². The molecule has 2 aromatic rings. The van der Waals surface area contributed by atoms with Gasteiger partial charge < -0.3 is 10.1 Å². The molecule has 27 heavy (non-hydrogen) atoms. The molecule has 0 fully saturated rings. The molecule has 4 nitrogen and oxygen atoms in total. The van der Waals surface area contributed by atoms with Crippen molar-refractivity contribution in [2.75, 3.05) is 11.9 Å². The summed E-state index contributed by atoms with van der Waals surface area (Å²) in [7, 11) is 0. The summed E-state index contributed by atoms with van der Waals surface area (Å²) < 4.78 is 5.97. The lowest BCUT2D eigenvalue weighted by Gasteiger charge is -2.31. The van der Waals surface area contributed by atoms with Gasteiger partial charge in [-0.1, -0.05) is 13.8 Å². The highest BCUT2D eigenvalue weighted by Gasteiger charge is 2.30. The average Bonchev–Trinajstić information content (AvgIpc) is 3.07. The van der Waals surface area contributed by atoms with E-state index in [2.05, 4.69) is 37.1 Å². The minimum Gasteiger partial charge on any atom is -0.493 e. The standard InChI is InChI=1S/C22H30N2O2S/c1-6-9-26-20-10-13(2)18-8-7-17(11-19(18)16(20)5)15(4)21(25)24-22-23-12-14(3)27-22/h10,12,15,17H,6-9,11H2,1-5H3,(H,23,24,25)/t15-,17?/m0/s1. The number of nitrogens with zero attached hydrogens (tertiary/aromatic N) is 1. The molecule has 0 saturated heterocycles. The molecule has 0 radical (unpaired) electrons. The van der Waals surface area contributed by atoms with Crippen molar-refractivity contribution < 1.29 is 9.53 Å². The molecule has 1 aromatic carbocycles. The van der Waals surface area contributed by atoms with Crippen LogP contribution >= 0.6 is 11.3 Å². The number of thiazole rings is 1. The van der Waals surface area contributed by atoms with Gasteiger partial charge in [-0.25, -0.2) is 4.98 Å². The Bertz CT molecular complexity index is 828. The van der Waals surface area contributed by atoms with E-state index < -0.39 is 0 Å². The Morgan fingerprint density at radius 3 is 2.81 bits per heavy atom. The van der Waals surface area contributed by atoms with Gasteiger partial charge in [-0.2, -0.15) is 0 Å². The van der Waals surface area contributed by atoms with Gasteiger partial charge in [-0.05, 0) is 80.7 Å². The summed E-state index contributed by atoms with van der Waals surface area (Å²) in [5, 5.41) is 3.69. The summed E-state index contributed by atoms with van der Waals surface area (Å²) in [4.78, 5) is 18.1. The molecule has 3 rings (SSSR count). The van der Waals surface area contributed by atoms with Gasteiger partial charge in [0.15, 0.2) is 5.13 Å². The number of hydrogen-bond acceptors (Lipinski definition) is 4. The second-order valence-corrected chi connectivity index (χ2v) is 8.91. The number of ether oxygens (including phenoxy) is 1. The number of aromatic nitrogens is 1. The number of rotatable bonds is 6. The summed E-state index contributed by atoms with van der Waals surface area (Å²) in [6.07, 6.45) is 5.83. The van der Waals surface area contributed by atoms with Crippen molar-refractivity contribution in [2.45, 2.75) is 60.3 Å². The molecule has 1 heterocycles. The van der Waals surface area contributed by atoms with Crippen molar-refractivity contribution >= 4 is 22.4 Å². The van der Waals surface area contributed by atoms with Crippen LogP contribution in [0.2, 0.25) is 0 Å². The molecular weight excluding hydrogens is 356 g/mol. The summed E-state index contributed by atoms with van der Waals surface area (Å²) in [6.45, 7) is 11.3. The van der Waals surface area contributed by atoms with Crippen LogP contribution in [0.15, 0.2) is 12.3 Å². The first-order valence-corrected chi connectivity index (χ1v) is 10.7. The lowest BCUT2D eigenvalue weighted by atomic mass is 9.75. The van der Waals surface area contributed by atoms with E-state index in [-0.39, 0.29) is 11.8 Å². The lowest BCUT2D eigenvalue weighted by Crippen LogP contribution is -2.31. The van der Waals surface area contributed by atoms with Crippen LogP contribution in [-0.4, -0.2) is 17.5 Å². The Hall–Kier alpha value is -1.88. The predicted octanol–water partition coefficient (Wildman–Crippen LogP) is 5.24. The number of hydrogen-bond donors (Lipinski definition) is 1. The minimum atomic E-state index is -0.0396. The molecule has 1 amide bonds. The number of carbonyl (C=O) groups is 1. The first kappa shape index (κ1) is 19.9. The number of carbonyl (C=O) groups excluding carboxylic acids is 1. The van der Waals surface area contributed by atoms with Crippen LogP contribution in [0.25, 0.3) is 0 Å². The molecule has 2 atom stereocenters. The molecule has 1 aliphatic rings.